The minimum absolute atomic E-state index is 0.0738. The molecular weight excluding hydrogens is 258 g/mol. The SMILES string of the molecule is C[C@@H]1[C@H](c2ccccc2)OC(=O)N1CSC(C)(C)C. The Balaban J connectivity index is 2.06. The summed E-state index contributed by atoms with van der Waals surface area (Å²) in [5.41, 5.74) is 1.06. The zero-order valence-corrected chi connectivity index (χ0v) is 12.7. The van der Waals surface area contributed by atoms with Crippen LogP contribution in [0.4, 0.5) is 4.79 Å². The first-order valence-electron chi connectivity index (χ1n) is 6.54. The van der Waals surface area contributed by atoms with E-state index in [2.05, 4.69) is 20.8 Å². The van der Waals surface area contributed by atoms with Gasteiger partial charge in [-0.25, -0.2) is 4.79 Å². The molecule has 0 aromatic heterocycles. The summed E-state index contributed by atoms with van der Waals surface area (Å²) in [5, 5.41) is 0. The van der Waals surface area contributed by atoms with Gasteiger partial charge >= 0.3 is 6.09 Å². The van der Waals surface area contributed by atoms with Gasteiger partial charge in [-0.15, -0.1) is 11.8 Å². The van der Waals surface area contributed by atoms with Gasteiger partial charge in [-0.3, -0.25) is 4.90 Å². The summed E-state index contributed by atoms with van der Waals surface area (Å²) in [5.74, 6) is 0.673. The first-order valence-corrected chi connectivity index (χ1v) is 7.53. The van der Waals surface area contributed by atoms with Crippen LogP contribution in [0.2, 0.25) is 0 Å². The molecule has 3 nitrogen and oxygen atoms in total. The third kappa shape index (κ3) is 3.44. The van der Waals surface area contributed by atoms with Crippen LogP contribution in [0.5, 0.6) is 0 Å². The van der Waals surface area contributed by atoms with Crippen molar-refractivity contribution in [2.75, 3.05) is 5.88 Å². The van der Waals surface area contributed by atoms with Crippen LogP contribution in [0.25, 0.3) is 0 Å². The van der Waals surface area contributed by atoms with Gasteiger partial charge in [0.05, 0.1) is 11.9 Å². The van der Waals surface area contributed by atoms with Gasteiger partial charge in [0.1, 0.15) is 6.10 Å². The number of hydrogen-bond acceptors (Lipinski definition) is 3. The number of cyclic esters (lactones) is 1. The molecule has 0 N–H and O–H groups in total. The lowest BCUT2D eigenvalue weighted by atomic mass is 10.0. The Morgan fingerprint density at radius 1 is 1.26 bits per heavy atom. The van der Waals surface area contributed by atoms with E-state index < -0.39 is 0 Å². The van der Waals surface area contributed by atoms with Gasteiger partial charge in [-0.2, -0.15) is 0 Å². The van der Waals surface area contributed by atoms with Crippen molar-refractivity contribution in [2.24, 2.45) is 0 Å². The quantitative estimate of drug-likeness (QED) is 0.835. The molecule has 0 unspecified atom stereocenters. The molecule has 0 spiro atoms. The van der Waals surface area contributed by atoms with Crippen LogP contribution in [0, 0.1) is 0 Å². The zero-order valence-electron chi connectivity index (χ0n) is 11.9. The maximum atomic E-state index is 12.0. The lowest BCUT2D eigenvalue weighted by Crippen LogP contribution is -2.33. The summed E-state index contributed by atoms with van der Waals surface area (Å²) in [6.07, 6.45) is -0.368. The third-order valence-electron chi connectivity index (χ3n) is 3.16. The molecule has 1 saturated heterocycles. The fraction of sp³-hybridized carbons (Fsp3) is 0.533. The van der Waals surface area contributed by atoms with Crippen molar-refractivity contribution < 1.29 is 9.53 Å². The highest BCUT2D eigenvalue weighted by Crippen LogP contribution is 2.35. The van der Waals surface area contributed by atoms with Crippen LogP contribution in [-0.2, 0) is 4.74 Å². The molecule has 0 radical (unpaired) electrons. The zero-order chi connectivity index (χ0) is 14.0. The maximum absolute atomic E-state index is 12.0. The first-order chi connectivity index (χ1) is 8.88. The molecule has 1 heterocycles. The Bertz CT molecular complexity index is 441. The molecule has 1 fully saturated rings. The molecule has 1 amide bonds. The number of carbonyl (C=O) groups excluding carboxylic acids is 1. The van der Waals surface area contributed by atoms with Crippen molar-refractivity contribution >= 4 is 17.9 Å². The lowest BCUT2D eigenvalue weighted by molar-refractivity contribution is 0.131. The number of thioether (sulfide) groups is 1. The lowest BCUT2D eigenvalue weighted by Gasteiger charge is -2.25. The van der Waals surface area contributed by atoms with Gasteiger partial charge in [0.15, 0.2) is 0 Å². The van der Waals surface area contributed by atoms with Gasteiger partial charge in [-0.1, -0.05) is 51.1 Å². The van der Waals surface area contributed by atoms with Crippen molar-refractivity contribution in [3.63, 3.8) is 0 Å². The fourth-order valence-corrected chi connectivity index (χ4v) is 2.89. The van der Waals surface area contributed by atoms with Gasteiger partial charge < -0.3 is 4.74 Å². The number of rotatable bonds is 3. The summed E-state index contributed by atoms with van der Waals surface area (Å²) in [7, 11) is 0. The van der Waals surface area contributed by atoms with E-state index in [0.717, 1.165) is 5.56 Å². The molecule has 4 heteroatoms. The van der Waals surface area contributed by atoms with E-state index in [1.54, 1.807) is 11.8 Å². The largest absolute Gasteiger partial charge is 0.439 e. The topological polar surface area (TPSA) is 29.5 Å². The number of ether oxygens (including phenoxy) is 1. The molecule has 1 aliphatic heterocycles. The molecule has 19 heavy (non-hydrogen) atoms. The molecule has 0 aliphatic carbocycles. The molecular formula is C15H21NO2S. The Hall–Kier alpha value is -1.16. The van der Waals surface area contributed by atoms with Crippen molar-refractivity contribution in [3.05, 3.63) is 35.9 Å². The van der Waals surface area contributed by atoms with Gasteiger partial charge in [-0.05, 0) is 12.5 Å². The number of carbonyl (C=O) groups is 1. The van der Waals surface area contributed by atoms with E-state index in [1.165, 1.54) is 0 Å². The minimum atomic E-state index is -0.210. The molecule has 1 aromatic rings. The van der Waals surface area contributed by atoms with Crippen molar-refractivity contribution in [1.29, 1.82) is 0 Å². The predicted molar refractivity (Wildman–Crippen MR) is 79.2 cm³/mol. The van der Waals surface area contributed by atoms with E-state index in [1.807, 2.05) is 42.2 Å². The number of hydrogen-bond donors (Lipinski definition) is 0. The summed E-state index contributed by atoms with van der Waals surface area (Å²) < 4.78 is 5.65. The van der Waals surface area contributed by atoms with Crippen molar-refractivity contribution in [1.82, 2.24) is 4.90 Å². The average Bonchev–Trinajstić information content (AvgIpc) is 2.63. The summed E-state index contributed by atoms with van der Waals surface area (Å²) >= 11 is 1.76. The third-order valence-corrected chi connectivity index (χ3v) is 4.43. The average molecular weight is 279 g/mol. The molecule has 0 bridgehead atoms. The first kappa shape index (κ1) is 14.3. The van der Waals surface area contributed by atoms with E-state index in [9.17, 15) is 4.79 Å². The summed E-state index contributed by atoms with van der Waals surface area (Å²) in [6, 6.07) is 10.0. The molecule has 104 valence electrons. The predicted octanol–water partition coefficient (Wildman–Crippen LogP) is 4.06. The summed E-state index contributed by atoms with van der Waals surface area (Å²) in [4.78, 5) is 13.8. The Kier molecular flexibility index (Phi) is 4.09. The van der Waals surface area contributed by atoms with Crippen LogP contribution in [0.3, 0.4) is 0 Å². The van der Waals surface area contributed by atoms with E-state index in [0.29, 0.717) is 5.88 Å². The van der Waals surface area contributed by atoms with Crippen molar-refractivity contribution in [3.8, 4) is 0 Å². The second-order valence-electron chi connectivity index (χ2n) is 5.81. The molecule has 0 saturated carbocycles. The highest BCUT2D eigenvalue weighted by molar-refractivity contribution is 8.00. The van der Waals surface area contributed by atoms with Gasteiger partial charge in [0.25, 0.3) is 0 Å². The number of amides is 1. The Labute approximate surface area is 119 Å². The second kappa shape index (κ2) is 5.45. The Morgan fingerprint density at radius 3 is 2.47 bits per heavy atom. The van der Waals surface area contributed by atoms with Crippen LogP contribution in [-0.4, -0.2) is 27.7 Å². The minimum Gasteiger partial charge on any atom is -0.439 e. The van der Waals surface area contributed by atoms with Gasteiger partial charge in [0, 0.05) is 4.75 Å². The Morgan fingerprint density at radius 2 is 1.89 bits per heavy atom. The molecule has 2 atom stereocenters. The maximum Gasteiger partial charge on any atom is 0.411 e. The van der Waals surface area contributed by atoms with E-state index >= 15 is 0 Å². The summed E-state index contributed by atoms with van der Waals surface area (Å²) in [6.45, 7) is 8.50. The number of nitrogens with zero attached hydrogens (tertiary/aromatic N) is 1. The second-order valence-corrected chi connectivity index (χ2v) is 7.58. The number of benzene rings is 1. The molecule has 1 aliphatic rings. The van der Waals surface area contributed by atoms with Crippen LogP contribution >= 0.6 is 11.8 Å². The molecule has 2 rings (SSSR count). The normalized spacial score (nSPS) is 23.6. The van der Waals surface area contributed by atoms with Crippen LogP contribution in [0.1, 0.15) is 39.4 Å². The van der Waals surface area contributed by atoms with Crippen LogP contribution < -0.4 is 0 Å². The smallest absolute Gasteiger partial charge is 0.411 e. The van der Waals surface area contributed by atoms with Crippen LogP contribution in [0.15, 0.2) is 30.3 Å². The van der Waals surface area contributed by atoms with E-state index in [4.69, 9.17) is 4.74 Å². The highest BCUT2D eigenvalue weighted by atomic mass is 32.2. The van der Waals surface area contributed by atoms with E-state index in [-0.39, 0.29) is 23.0 Å². The van der Waals surface area contributed by atoms with Crippen molar-refractivity contribution in [2.45, 2.75) is 44.6 Å². The van der Waals surface area contributed by atoms with Gasteiger partial charge in [0.2, 0.25) is 0 Å². The highest BCUT2D eigenvalue weighted by Gasteiger charge is 2.39. The monoisotopic (exact) mass is 279 g/mol. The fourth-order valence-electron chi connectivity index (χ4n) is 2.03. The molecule has 1 aromatic carbocycles. The standard InChI is InChI=1S/C15H21NO2S/c1-11-13(12-8-6-5-7-9-12)18-14(17)16(11)10-19-15(2,3)4/h5-9,11,13H,10H2,1-4H3/t11-,13-/m1/s1.